The lowest BCUT2D eigenvalue weighted by Gasteiger charge is -2.35. The maximum atomic E-state index is 13.5. The minimum atomic E-state index is -0.119. The number of nitrogens with one attached hydrogen (secondary N) is 1. The second-order valence-corrected chi connectivity index (χ2v) is 11.6. The average Bonchev–Trinajstić information content (AvgIpc) is 3.54. The molecule has 0 unspecified atom stereocenters. The largest absolute Gasteiger partial charge is 0.494 e. The van der Waals surface area contributed by atoms with Crippen LogP contribution in [0.15, 0.2) is 77.9 Å². The average molecular weight is 564 g/mol. The molecule has 216 valence electrons. The molecule has 2 aliphatic heterocycles. The molecule has 0 atom stereocenters. The van der Waals surface area contributed by atoms with Gasteiger partial charge in [-0.3, -0.25) is 4.79 Å². The van der Waals surface area contributed by atoms with Crippen molar-refractivity contribution >= 4 is 33.6 Å². The first-order chi connectivity index (χ1) is 20.5. The van der Waals surface area contributed by atoms with Crippen molar-refractivity contribution in [3.63, 3.8) is 0 Å². The van der Waals surface area contributed by atoms with Crippen LogP contribution in [0.2, 0.25) is 0 Å². The Morgan fingerprint density at radius 2 is 1.93 bits per heavy atom. The highest BCUT2D eigenvalue weighted by Gasteiger charge is 2.23. The molecular weight excluding hydrogens is 526 g/mol. The summed E-state index contributed by atoms with van der Waals surface area (Å²) in [5, 5.41) is 5.04. The van der Waals surface area contributed by atoms with Crippen molar-refractivity contribution in [3.8, 4) is 11.4 Å². The smallest absolute Gasteiger partial charge is 0.278 e. The number of fused-ring (bicyclic) bond motifs is 7. The second-order valence-electron chi connectivity index (χ2n) is 11.6. The monoisotopic (exact) mass is 563 g/mol. The maximum Gasteiger partial charge on any atom is 0.278 e. The molecule has 1 N–H and O–H groups in total. The van der Waals surface area contributed by atoms with Gasteiger partial charge in [-0.2, -0.15) is 4.98 Å². The van der Waals surface area contributed by atoms with Crippen LogP contribution in [0.25, 0.3) is 27.6 Å². The van der Waals surface area contributed by atoms with Gasteiger partial charge in [0.05, 0.1) is 18.8 Å². The van der Waals surface area contributed by atoms with Gasteiger partial charge in [-0.05, 0) is 75.9 Å². The molecule has 7 rings (SSSR count). The molecule has 0 amide bonds. The number of ether oxygens (including phenoxy) is 1. The van der Waals surface area contributed by atoms with Gasteiger partial charge in [0.25, 0.3) is 5.56 Å². The quantitative estimate of drug-likeness (QED) is 0.268. The normalized spacial score (nSPS) is 16.7. The van der Waals surface area contributed by atoms with Gasteiger partial charge in [-0.1, -0.05) is 18.2 Å². The number of benzene rings is 2. The molecule has 5 aromatic rings. The first-order valence-corrected chi connectivity index (χ1v) is 15.0. The number of anilines is 2. The van der Waals surface area contributed by atoms with E-state index in [1.807, 2.05) is 35.0 Å². The van der Waals surface area contributed by atoms with E-state index >= 15 is 0 Å². The van der Waals surface area contributed by atoms with Gasteiger partial charge < -0.3 is 19.5 Å². The Balaban J connectivity index is 1.20. The predicted octanol–water partition coefficient (Wildman–Crippen LogP) is 6.05. The van der Waals surface area contributed by atoms with Gasteiger partial charge in [0.2, 0.25) is 5.95 Å². The third kappa shape index (κ3) is 4.98. The fourth-order valence-electron chi connectivity index (χ4n) is 6.27. The Bertz CT molecular complexity index is 1820. The number of hydrogen-bond donors (Lipinski definition) is 1. The fraction of sp³-hybridized carbons (Fsp3) is 0.364. The van der Waals surface area contributed by atoms with Crippen molar-refractivity contribution in [2.45, 2.75) is 58.2 Å². The van der Waals surface area contributed by atoms with Crippen LogP contribution in [0.5, 0.6) is 5.75 Å². The molecule has 0 aliphatic carbocycles. The summed E-state index contributed by atoms with van der Waals surface area (Å²) in [6.07, 6.45) is 12.1. The van der Waals surface area contributed by atoms with Crippen LogP contribution in [0, 0.1) is 0 Å². The number of likely N-dealkylation sites (tertiary alicyclic amines) is 1. The van der Waals surface area contributed by atoms with Crippen LogP contribution in [0.4, 0.5) is 11.6 Å². The Labute approximate surface area is 245 Å². The molecule has 0 radical (unpaired) electrons. The van der Waals surface area contributed by atoms with Gasteiger partial charge in [0.1, 0.15) is 11.1 Å². The van der Waals surface area contributed by atoms with E-state index in [0.29, 0.717) is 42.2 Å². The fourth-order valence-corrected chi connectivity index (χ4v) is 6.27. The summed E-state index contributed by atoms with van der Waals surface area (Å²) in [6, 6.07) is 17.5. The van der Waals surface area contributed by atoms with Crippen LogP contribution in [0.3, 0.4) is 0 Å². The van der Waals surface area contributed by atoms with Gasteiger partial charge in [-0.25, -0.2) is 14.3 Å². The van der Waals surface area contributed by atoms with E-state index in [2.05, 4.69) is 70.2 Å². The van der Waals surface area contributed by atoms with Crippen LogP contribution in [0.1, 0.15) is 45.6 Å². The highest BCUT2D eigenvalue weighted by Crippen LogP contribution is 2.30. The zero-order valence-electron chi connectivity index (χ0n) is 24.2. The first kappa shape index (κ1) is 26.5. The standard InChI is InChI=1S/C33H37N7O2/c1-23(2)37-16-13-26(14-17-37)38-18-12-24-20-25(10-11-30(24)38)35-33-34-22-29-31(36-33)40-27-8-7-9-28(21-27)42-19-6-4-3-5-15-39(40)32(29)41/h3,5,7-12,18,20-23,26H,4,6,13-17,19H2,1-2H3,(H,34,35,36). The van der Waals surface area contributed by atoms with Gasteiger partial charge in [-0.15, -0.1) is 0 Å². The van der Waals surface area contributed by atoms with Crippen molar-refractivity contribution < 1.29 is 4.74 Å². The number of hydrogen-bond acceptors (Lipinski definition) is 6. The van der Waals surface area contributed by atoms with E-state index in [1.54, 1.807) is 10.9 Å². The summed E-state index contributed by atoms with van der Waals surface area (Å²) in [7, 11) is 0. The summed E-state index contributed by atoms with van der Waals surface area (Å²) in [5.74, 6) is 1.22. The molecule has 2 aromatic carbocycles. The molecule has 5 heterocycles. The molecular formula is C33H37N7O2. The Hall–Kier alpha value is -4.37. The lowest BCUT2D eigenvalue weighted by Crippen LogP contribution is -2.38. The minimum Gasteiger partial charge on any atom is -0.494 e. The van der Waals surface area contributed by atoms with Crippen LogP contribution < -0.4 is 15.6 Å². The van der Waals surface area contributed by atoms with Gasteiger partial charge in [0.15, 0.2) is 5.65 Å². The zero-order chi connectivity index (χ0) is 28.6. The second kappa shape index (κ2) is 11.1. The molecule has 0 saturated carbocycles. The topological polar surface area (TPSA) is 82.1 Å². The third-order valence-electron chi connectivity index (χ3n) is 8.57. The molecule has 9 heteroatoms. The summed E-state index contributed by atoms with van der Waals surface area (Å²) in [6.45, 7) is 7.94. The Morgan fingerprint density at radius 3 is 2.79 bits per heavy atom. The Kier molecular flexibility index (Phi) is 7.03. The van der Waals surface area contributed by atoms with E-state index in [-0.39, 0.29) is 5.56 Å². The zero-order valence-corrected chi connectivity index (χ0v) is 24.2. The SMILES string of the molecule is CC(C)N1CCC(n2ccc3cc(Nc4ncc5c(=O)n6n(c5n4)-c4cccc(c4)OCCCC=CC6)ccc32)CC1. The number of allylic oxidation sites excluding steroid dienone is 2. The predicted molar refractivity (Wildman–Crippen MR) is 167 cm³/mol. The molecule has 1 fully saturated rings. The van der Waals surface area contributed by atoms with Crippen LogP contribution in [-0.4, -0.2) is 54.5 Å². The van der Waals surface area contributed by atoms with E-state index in [9.17, 15) is 4.79 Å². The highest BCUT2D eigenvalue weighted by molar-refractivity contribution is 5.85. The van der Waals surface area contributed by atoms with Gasteiger partial charge in [0, 0.05) is 60.2 Å². The number of rotatable bonds is 4. The molecule has 2 aliphatic rings. The summed E-state index contributed by atoms with van der Waals surface area (Å²) in [5.41, 5.74) is 3.41. The third-order valence-corrected chi connectivity index (χ3v) is 8.57. The van der Waals surface area contributed by atoms with Crippen LogP contribution in [-0.2, 0) is 6.54 Å². The van der Waals surface area contributed by atoms with Crippen molar-refractivity contribution in [3.05, 3.63) is 83.4 Å². The summed E-state index contributed by atoms with van der Waals surface area (Å²) < 4.78 is 12.0. The Morgan fingerprint density at radius 1 is 1.05 bits per heavy atom. The molecule has 1 saturated heterocycles. The molecule has 42 heavy (non-hydrogen) atoms. The molecule has 2 bridgehead atoms. The number of aromatic nitrogens is 5. The van der Waals surface area contributed by atoms with Gasteiger partial charge >= 0.3 is 0 Å². The van der Waals surface area contributed by atoms with Crippen molar-refractivity contribution in [2.75, 3.05) is 25.0 Å². The van der Waals surface area contributed by atoms with Crippen molar-refractivity contribution in [1.82, 2.24) is 28.8 Å². The first-order valence-electron chi connectivity index (χ1n) is 15.0. The minimum absolute atomic E-state index is 0.119. The molecule has 0 spiro atoms. The molecule has 3 aromatic heterocycles. The van der Waals surface area contributed by atoms with E-state index < -0.39 is 0 Å². The van der Waals surface area contributed by atoms with Crippen molar-refractivity contribution in [1.29, 1.82) is 0 Å². The number of piperidine rings is 1. The molecule has 9 nitrogen and oxygen atoms in total. The van der Waals surface area contributed by atoms with E-state index in [4.69, 9.17) is 9.72 Å². The summed E-state index contributed by atoms with van der Waals surface area (Å²) in [4.78, 5) is 25.4. The highest BCUT2D eigenvalue weighted by atomic mass is 16.5. The maximum absolute atomic E-state index is 13.5. The lowest BCUT2D eigenvalue weighted by molar-refractivity contribution is 0.153. The van der Waals surface area contributed by atoms with E-state index in [0.717, 1.165) is 43.1 Å². The van der Waals surface area contributed by atoms with E-state index in [1.165, 1.54) is 23.7 Å². The van der Waals surface area contributed by atoms with Crippen LogP contribution >= 0.6 is 0 Å². The lowest BCUT2D eigenvalue weighted by atomic mass is 10.0. The summed E-state index contributed by atoms with van der Waals surface area (Å²) >= 11 is 0. The number of nitrogens with zero attached hydrogens (tertiary/aromatic N) is 6. The van der Waals surface area contributed by atoms with Crippen molar-refractivity contribution in [2.24, 2.45) is 0 Å².